The van der Waals surface area contributed by atoms with E-state index in [1.54, 1.807) is 12.1 Å². The van der Waals surface area contributed by atoms with E-state index < -0.39 is 42.7 Å². The summed E-state index contributed by atoms with van der Waals surface area (Å²) in [5.41, 5.74) is 5.28. The highest BCUT2D eigenvalue weighted by atomic mass is 19.3. The van der Waals surface area contributed by atoms with Gasteiger partial charge in [0.1, 0.15) is 40.7 Å². The van der Waals surface area contributed by atoms with E-state index in [9.17, 15) is 27.9 Å². The van der Waals surface area contributed by atoms with Crippen molar-refractivity contribution in [3.63, 3.8) is 0 Å². The number of rotatable bonds is 13. The van der Waals surface area contributed by atoms with Gasteiger partial charge in [0.25, 0.3) is 12.3 Å². The number of nitrogens with two attached hydrogens (primary N) is 1. The summed E-state index contributed by atoms with van der Waals surface area (Å²) in [5, 5.41) is 20.3. The van der Waals surface area contributed by atoms with Gasteiger partial charge in [0.2, 0.25) is 5.91 Å². The molecule has 2 amide bonds. The van der Waals surface area contributed by atoms with Crippen LogP contribution < -0.4 is 20.5 Å². The molecule has 0 radical (unpaired) electrons. The Hall–Kier alpha value is -4.65. The summed E-state index contributed by atoms with van der Waals surface area (Å²) in [7, 11) is 1.50. The van der Waals surface area contributed by atoms with E-state index in [1.165, 1.54) is 37.4 Å². The van der Waals surface area contributed by atoms with Crippen LogP contribution in [0.1, 0.15) is 53.3 Å². The number of alkyl halides is 2. The number of aliphatic hydroxyl groups is 1. The fourth-order valence-corrected chi connectivity index (χ4v) is 5.49. The average molecular weight is 624 g/mol. The summed E-state index contributed by atoms with van der Waals surface area (Å²) in [6.45, 7) is -1.24. The van der Waals surface area contributed by atoms with Gasteiger partial charge in [-0.25, -0.2) is 18.2 Å². The maximum atomic E-state index is 13.8. The highest BCUT2D eigenvalue weighted by Gasteiger charge is 2.47. The number of fused-ring (bicyclic) bond motifs is 1. The summed E-state index contributed by atoms with van der Waals surface area (Å²) in [6.07, 6.45) is 2.01. The van der Waals surface area contributed by atoms with Crippen LogP contribution in [0.2, 0.25) is 0 Å². The molecule has 0 bridgehead atoms. The maximum Gasteiger partial charge on any atom is 0.272 e. The number of carbonyl (C=O) groups excluding carboxylic acids is 2. The van der Waals surface area contributed by atoms with E-state index >= 15 is 0 Å². The van der Waals surface area contributed by atoms with Gasteiger partial charge in [0.05, 0.1) is 31.8 Å². The van der Waals surface area contributed by atoms with Gasteiger partial charge in [-0.1, -0.05) is 0 Å². The molecule has 13 heteroatoms. The van der Waals surface area contributed by atoms with Gasteiger partial charge in [-0.2, -0.15) is 5.10 Å². The molecule has 2 aliphatic rings. The van der Waals surface area contributed by atoms with Gasteiger partial charge in [-0.15, -0.1) is 0 Å². The van der Waals surface area contributed by atoms with Crippen LogP contribution in [0, 0.1) is 11.7 Å². The lowest BCUT2D eigenvalue weighted by atomic mass is 9.90. The topological polar surface area (TPSA) is 142 Å². The van der Waals surface area contributed by atoms with Crippen LogP contribution in [0.4, 0.5) is 13.2 Å². The van der Waals surface area contributed by atoms with Crippen molar-refractivity contribution in [2.24, 2.45) is 11.7 Å². The number of halogens is 3. The van der Waals surface area contributed by atoms with Crippen LogP contribution in [-0.4, -0.2) is 58.4 Å². The molecule has 1 atom stereocenters. The number of nitrogens with one attached hydrogen (secondary N) is 1. The molecule has 2 aromatic carbocycles. The number of ether oxygens (including phenoxy) is 2. The molecule has 236 valence electrons. The molecule has 2 fully saturated rings. The van der Waals surface area contributed by atoms with Crippen molar-refractivity contribution in [2.45, 2.75) is 50.2 Å². The SMILES string of the molecule is COc1cc(C(=O)NC[C@](O)(c2cc(CC(N)=O)c(OCC(F)F)c(-c3ccc(F)cc3)n2)C2CC2)cc2cn(C3CC3)nc12. The van der Waals surface area contributed by atoms with Gasteiger partial charge >= 0.3 is 0 Å². The van der Waals surface area contributed by atoms with Crippen LogP contribution in [0.15, 0.2) is 48.7 Å². The molecule has 4 N–H and O–H groups in total. The Morgan fingerprint density at radius 3 is 2.51 bits per heavy atom. The van der Waals surface area contributed by atoms with Crippen molar-refractivity contribution in [1.82, 2.24) is 20.1 Å². The zero-order valence-corrected chi connectivity index (χ0v) is 24.4. The zero-order chi connectivity index (χ0) is 31.9. The maximum absolute atomic E-state index is 13.8. The highest BCUT2D eigenvalue weighted by molar-refractivity contribution is 6.00. The quantitative estimate of drug-likeness (QED) is 0.202. The molecule has 4 aromatic rings. The minimum atomic E-state index is -2.83. The van der Waals surface area contributed by atoms with Crippen molar-refractivity contribution in [3.05, 3.63) is 71.3 Å². The van der Waals surface area contributed by atoms with Crippen LogP contribution in [0.3, 0.4) is 0 Å². The molecule has 0 spiro atoms. The second-order valence-corrected chi connectivity index (χ2v) is 11.5. The lowest BCUT2D eigenvalue weighted by Gasteiger charge is -2.30. The number of hydrogen-bond acceptors (Lipinski definition) is 7. The largest absolute Gasteiger partial charge is 0.494 e. The van der Waals surface area contributed by atoms with E-state index in [0.29, 0.717) is 41.3 Å². The molecule has 0 saturated heterocycles. The Bertz CT molecular complexity index is 1750. The number of benzene rings is 2. The van der Waals surface area contributed by atoms with Crippen LogP contribution in [0.5, 0.6) is 11.5 Å². The molecular formula is C32H32F3N5O5. The van der Waals surface area contributed by atoms with Crippen molar-refractivity contribution >= 4 is 22.7 Å². The summed E-state index contributed by atoms with van der Waals surface area (Å²) < 4.78 is 53.0. The predicted octanol–water partition coefficient (Wildman–Crippen LogP) is 4.28. The standard InChI is InChI=1S/C32H32F3N5O5/c1-44-24-11-19(10-20-14-40(23-8-9-23)39-28(20)24)31(42)37-16-32(43,21-4-5-21)25-12-18(13-27(36)41)30(45-15-26(34)35)29(38-25)17-2-6-22(33)7-3-17/h2-3,6-7,10-12,14,21,23,26,43H,4-5,8-9,13,15-16H2,1H3,(H2,36,41)(H,37,42)/t32-/m1/s1. The van der Waals surface area contributed by atoms with Crippen molar-refractivity contribution in [1.29, 1.82) is 0 Å². The Kier molecular flexibility index (Phi) is 8.12. The number of pyridine rings is 1. The smallest absolute Gasteiger partial charge is 0.272 e. The Morgan fingerprint density at radius 2 is 1.89 bits per heavy atom. The molecule has 0 aliphatic heterocycles. The lowest BCUT2D eigenvalue weighted by Crippen LogP contribution is -2.43. The summed E-state index contributed by atoms with van der Waals surface area (Å²) in [4.78, 5) is 30.1. The second kappa shape index (κ2) is 12.0. The van der Waals surface area contributed by atoms with Crippen LogP contribution >= 0.6 is 0 Å². The molecule has 2 heterocycles. The van der Waals surface area contributed by atoms with Gasteiger partial charge in [-0.3, -0.25) is 14.3 Å². The summed E-state index contributed by atoms with van der Waals surface area (Å²) >= 11 is 0. The van der Waals surface area contributed by atoms with Crippen molar-refractivity contribution < 1.29 is 37.3 Å². The van der Waals surface area contributed by atoms with E-state index in [0.717, 1.165) is 18.2 Å². The predicted molar refractivity (Wildman–Crippen MR) is 158 cm³/mol. The molecule has 2 aromatic heterocycles. The number of amides is 2. The monoisotopic (exact) mass is 623 g/mol. The van der Waals surface area contributed by atoms with Crippen molar-refractivity contribution in [2.75, 3.05) is 20.3 Å². The van der Waals surface area contributed by atoms with E-state index in [2.05, 4.69) is 15.4 Å². The Balaban J connectivity index is 1.36. The number of methoxy groups -OCH3 is 1. The zero-order valence-electron chi connectivity index (χ0n) is 24.4. The van der Waals surface area contributed by atoms with Crippen molar-refractivity contribution in [3.8, 4) is 22.8 Å². The fraction of sp³-hybridized carbons (Fsp3) is 0.375. The summed E-state index contributed by atoms with van der Waals surface area (Å²) in [6, 6.07) is 10.1. The molecule has 45 heavy (non-hydrogen) atoms. The first kappa shape index (κ1) is 30.4. The van der Waals surface area contributed by atoms with Gasteiger partial charge < -0.3 is 25.6 Å². The number of primary amides is 1. The minimum absolute atomic E-state index is 0.0256. The Morgan fingerprint density at radius 1 is 1.16 bits per heavy atom. The molecule has 2 saturated carbocycles. The molecule has 0 unspecified atom stereocenters. The number of nitrogens with zero attached hydrogens (tertiary/aromatic N) is 3. The molecule has 6 rings (SSSR count). The molecule has 10 nitrogen and oxygen atoms in total. The van der Waals surface area contributed by atoms with E-state index in [1.807, 2.05) is 10.9 Å². The van der Waals surface area contributed by atoms with Crippen LogP contribution in [0.25, 0.3) is 22.2 Å². The first-order valence-electron chi connectivity index (χ1n) is 14.6. The summed E-state index contributed by atoms with van der Waals surface area (Å²) in [5.74, 6) is -1.75. The Labute approximate surface area is 256 Å². The van der Waals surface area contributed by atoms with Gasteiger partial charge in [-0.05, 0) is 74.1 Å². The van der Waals surface area contributed by atoms with Gasteiger partial charge in [0.15, 0.2) is 0 Å². The number of aromatic nitrogens is 3. The number of hydrogen-bond donors (Lipinski definition) is 3. The van der Waals surface area contributed by atoms with Crippen LogP contribution in [-0.2, 0) is 16.8 Å². The first-order chi connectivity index (χ1) is 21.5. The molecule has 2 aliphatic carbocycles. The highest BCUT2D eigenvalue weighted by Crippen LogP contribution is 2.47. The average Bonchev–Trinajstić information content (AvgIpc) is 3.95. The second-order valence-electron chi connectivity index (χ2n) is 11.5. The third kappa shape index (κ3) is 6.44. The lowest BCUT2D eigenvalue weighted by molar-refractivity contribution is -0.117. The fourth-order valence-electron chi connectivity index (χ4n) is 5.49. The van der Waals surface area contributed by atoms with E-state index in [4.69, 9.17) is 15.2 Å². The third-order valence-electron chi connectivity index (χ3n) is 8.10. The van der Waals surface area contributed by atoms with Gasteiger partial charge in [0, 0.05) is 28.3 Å². The van der Waals surface area contributed by atoms with E-state index in [-0.39, 0.29) is 35.2 Å². The minimum Gasteiger partial charge on any atom is -0.494 e. The molecular weight excluding hydrogens is 591 g/mol. The number of carbonyl (C=O) groups is 2. The third-order valence-corrected chi connectivity index (χ3v) is 8.10. The first-order valence-corrected chi connectivity index (χ1v) is 14.6. The normalized spacial score (nSPS) is 16.0.